The van der Waals surface area contributed by atoms with Crippen molar-refractivity contribution in [1.82, 2.24) is 9.21 Å². The van der Waals surface area contributed by atoms with E-state index in [1.165, 1.54) is 4.31 Å². The Balaban J connectivity index is 1.70. The van der Waals surface area contributed by atoms with Gasteiger partial charge in [-0.1, -0.05) is 12.1 Å². The molecule has 0 N–H and O–H groups in total. The molecule has 0 bridgehead atoms. The second kappa shape index (κ2) is 8.04. The molecule has 1 fully saturated rings. The standard InChI is InChI=1S/C20H24N2O3S2/c1-15-4-5-16(2)19(14-15)27(24,25)22-12-10-21(11-13-22)20(23)17-6-8-18(26-3)9-7-17/h4-9,14H,10-13H2,1-3H3. The summed E-state index contributed by atoms with van der Waals surface area (Å²) in [6, 6.07) is 13.0. The number of piperazine rings is 1. The third kappa shape index (κ3) is 4.20. The number of carbonyl (C=O) groups is 1. The Morgan fingerprint density at radius 3 is 2.19 bits per heavy atom. The van der Waals surface area contributed by atoms with E-state index in [4.69, 9.17) is 0 Å². The molecule has 0 atom stereocenters. The highest BCUT2D eigenvalue weighted by Crippen LogP contribution is 2.23. The molecule has 2 aromatic rings. The fraction of sp³-hybridized carbons (Fsp3) is 0.350. The van der Waals surface area contributed by atoms with Crippen molar-refractivity contribution in [3.8, 4) is 0 Å². The molecule has 1 amide bonds. The number of thioether (sulfide) groups is 1. The SMILES string of the molecule is CSc1ccc(C(=O)N2CCN(S(=O)(=O)c3cc(C)ccc3C)CC2)cc1. The second-order valence-electron chi connectivity index (χ2n) is 6.69. The first-order chi connectivity index (χ1) is 12.8. The Morgan fingerprint density at radius 1 is 0.963 bits per heavy atom. The maximum atomic E-state index is 13.0. The van der Waals surface area contributed by atoms with Gasteiger partial charge in [0.2, 0.25) is 10.0 Å². The van der Waals surface area contributed by atoms with Crippen LogP contribution >= 0.6 is 11.8 Å². The Bertz CT molecular complexity index is 932. The first-order valence-corrected chi connectivity index (χ1v) is 11.5. The van der Waals surface area contributed by atoms with Crippen LogP contribution in [0.1, 0.15) is 21.5 Å². The van der Waals surface area contributed by atoms with Crippen LogP contribution in [-0.4, -0.2) is 56.0 Å². The highest BCUT2D eigenvalue weighted by molar-refractivity contribution is 7.98. The molecule has 0 spiro atoms. The fourth-order valence-electron chi connectivity index (χ4n) is 3.17. The fourth-order valence-corrected chi connectivity index (χ4v) is 5.31. The van der Waals surface area contributed by atoms with Gasteiger partial charge in [0.05, 0.1) is 4.90 Å². The lowest BCUT2D eigenvalue weighted by atomic mass is 10.2. The van der Waals surface area contributed by atoms with Gasteiger partial charge in [-0.3, -0.25) is 4.79 Å². The molecule has 0 unspecified atom stereocenters. The van der Waals surface area contributed by atoms with Gasteiger partial charge in [0.1, 0.15) is 0 Å². The molecular weight excluding hydrogens is 380 g/mol. The molecule has 144 valence electrons. The minimum absolute atomic E-state index is 0.0496. The average molecular weight is 405 g/mol. The molecule has 1 aliphatic rings. The van der Waals surface area contributed by atoms with Crippen molar-refractivity contribution >= 4 is 27.7 Å². The number of hydrogen-bond acceptors (Lipinski definition) is 4. The van der Waals surface area contributed by atoms with E-state index in [-0.39, 0.29) is 5.91 Å². The van der Waals surface area contributed by atoms with Crippen LogP contribution in [0, 0.1) is 13.8 Å². The Labute approximate surface area is 165 Å². The molecule has 0 aromatic heterocycles. The minimum atomic E-state index is -3.55. The molecule has 7 heteroatoms. The molecule has 27 heavy (non-hydrogen) atoms. The Hall–Kier alpha value is -1.83. The van der Waals surface area contributed by atoms with Gasteiger partial charge in [0.15, 0.2) is 0 Å². The van der Waals surface area contributed by atoms with Crippen molar-refractivity contribution in [2.24, 2.45) is 0 Å². The predicted molar refractivity (Wildman–Crippen MR) is 109 cm³/mol. The van der Waals surface area contributed by atoms with Crippen molar-refractivity contribution in [2.45, 2.75) is 23.6 Å². The maximum Gasteiger partial charge on any atom is 0.253 e. The number of carbonyl (C=O) groups excluding carboxylic acids is 1. The second-order valence-corrected chi connectivity index (χ2v) is 9.48. The van der Waals surface area contributed by atoms with Crippen LogP contribution < -0.4 is 0 Å². The molecule has 1 saturated heterocycles. The first-order valence-electron chi connectivity index (χ1n) is 8.83. The molecule has 0 radical (unpaired) electrons. The lowest BCUT2D eigenvalue weighted by molar-refractivity contribution is 0.0698. The molecule has 5 nitrogen and oxygen atoms in total. The van der Waals surface area contributed by atoms with Gasteiger partial charge in [0, 0.05) is 36.6 Å². The highest BCUT2D eigenvalue weighted by Gasteiger charge is 2.31. The molecule has 2 aromatic carbocycles. The van der Waals surface area contributed by atoms with Crippen molar-refractivity contribution in [3.05, 3.63) is 59.2 Å². The lowest BCUT2D eigenvalue weighted by Gasteiger charge is -2.34. The van der Waals surface area contributed by atoms with Gasteiger partial charge in [-0.15, -0.1) is 11.8 Å². The van der Waals surface area contributed by atoms with E-state index in [0.29, 0.717) is 36.6 Å². The van der Waals surface area contributed by atoms with E-state index in [2.05, 4.69) is 0 Å². The zero-order chi connectivity index (χ0) is 19.6. The molecule has 0 saturated carbocycles. The number of aryl methyl sites for hydroxylation is 2. The van der Waals surface area contributed by atoms with Crippen LogP contribution in [0.4, 0.5) is 0 Å². The molecule has 0 aliphatic carbocycles. The third-order valence-electron chi connectivity index (χ3n) is 4.82. The van der Waals surface area contributed by atoms with Crippen molar-refractivity contribution in [2.75, 3.05) is 32.4 Å². The summed E-state index contributed by atoms with van der Waals surface area (Å²) in [5, 5.41) is 0. The Kier molecular flexibility index (Phi) is 5.93. The zero-order valence-electron chi connectivity index (χ0n) is 15.8. The summed E-state index contributed by atoms with van der Waals surface area (Å²) in [7, 11) is -3.55. The van der Waals surface area contributed by atoms with E-state index >= 15 is 0 Å². The number of amides is 1. The summed E-state index contributed by atoms with van der Waals surface area (Å²) in [4.78, 5) is 15.9. The summed E-state index contributed by atoms with van der Waals surface area (Å²) in [6.45, 7) is 5.11. The van der Waals surface area contributed by atoms with Gasteiger partial charge >= 0.3 is 0 Å². The first kappa shape index (κ1) is 19.9. The van der Waals surface area contributed by atoms with Gasteiger partial charge in [0.25, 0.3) is 5.91 Å². The number of hydrogen-bond donors (Lipinski definition) is 0. The summed E-state index contributed by atoms with van der Waals surface area (Å²) >= 11 is 1.63. The van der Waals surface area contributed by atoms with Crippen molar-refractivity contribution < 1.29 is 13.2 Å². The van der Waals surface area contributed by atoms with E-state index in [9.17, 15) is 13.2 Å². The summed E-state index contributed by atoms with van der Waals surface area (Å²) < 4.78 is 27.5. The molecule has 1 aliphatic heterocycles. The van der Waals surface area contributed by atoms with Crippen LogP contribution in [-0.2, 0) is 10.0 Å². The largest absolute Gasteiger partial charge is 0.336 e. The van der Waals surface area contributed by atoms with E-state index in [1.807, 2.05) is 56.5 Å². The van der Waals surface area contributed by atoms with E-state index in [0.717, 1.165) is 16.0 Å². The van der Waals surface area contributed by atoms with Crippen LogP contribution in [0.15, 0.2) is 52.3 Å². The number of sulfonamides is 1. The lowest BCUT2D eigenvalue weighted by Crippen LogP contribution is -2.50. The number of nitrogens with zero attached hydrogens (tertiary/aromatic N) is 2. The summed E-state index contributed by atoms with van der Waals surface area (Å²) in [5.74, 6) is -0.0496. The summed E-state index contributed by atoms with van der Waals surface area (Å²) in [5.41, 5.74) is 2.30. The summed E-state index contributed by atoms with van der Waals surface area (Å²) in [6.07, 6.45) is 1.99. The van der Waals surface area contributed by atoms with Crippen molar-refractivity contribution in [1.29, 1.82) is 0 Å². The van der Waals surface area contributed by atoms with Gasteiger partial charge < -0.3 is 4.90 Å². The highest BCUT2D eigenvalue weighted by atomic mass is 32.2. The van der Waals surface area contributed by atoms with Gasteiger partial charge in [-0.2, -0.15) is 4.31 Å². The third-order valence-corrected chi connectivity index (χ3v) is 7.61. The van der Waals surface area contributed by atoms with Crippen molar-refractivity contribution in [3.63, 3.8) is 0 Å². The zero-order valence-corrected chi connectivity index (χ0v) is 17.4. The van der Waals surface area contributed by atoms with Crippen LogP contribution in [0.5, 0.6) is 0 Å². The van der Waals surface area contributed by atoms with Crippen LogP contribution in [0.2, 0.25) is 0 Å². The van der Waals surface area contributed by atoms with Gasteiger partial charge in [-0.05, 0) is 61.6 Å². The van der Waals surface area contributed by atoms with Crippen LogP contribution in [0.3, 0.4) is 0 Å². The predicted octanol–water partition coefficient (Wildman–Crippen LogP) is 3.17. The number of rotatable bonds is 4. The smallest absolute Gasteiger partial charge is 0.253 e. The minimum Gasteiger partial charge on any atom is -0.336 e. The van der Waals surface area contributed by atoms with Gasteiger partial charge in [-0.25, -0.2) is 8.42 Å². The Morgan fingerprint density at radius 2 is 1.59 bits per heavy atom. The molecular formula is C20H24N2O3S2. The quantitative estimate of drug-likeness (QED) is 0.735. The molecule has 1 heterocycles. The van der Waals surface area contributed by atoms with E-state index < -0.39 is 10.0 Å². The van der Waals surface area contributed by atoms with Crippen LogP contribution in [0.25, 0.3) is 0 Å². The normalized spacial score (nSPS) is 15.7. The average Bonchev–Trinajstić information content (AvgIpc) is 2.69. The monoisotopic (exact) mass is 404 g/mol. The van der Waals surface area contributed by atoms with E-state index in [1.54, 1.807) is 22.7 Å². The number of benzene rings is 2. The molecule has 3 rings (SSSR count). The topological polar surface area (TPSA) is 57.7 Å². The maximum absolute atomic E-state index is 13.0.